The summed E-state index contributed by atoms with van der Waals surface area (Å²) < 4.78 is 41.4. The molecule has 166 valence electrons. The third kappa shape index (κ3) is 5.32. The van der Waals surface area contributed by atoms with E-state index in [2.05, 4.69) is 22.5 Å². The SMILES string of the molecule is CC(=O)NCC#Cc1cc2c(N[C@@H]3CC[C@@H]4CCC[C@H]3C4)cccn2c1SC(F)(F)F. The van der Waals surface area contributed by atoms with Crippen molar-refractivity contribution >= 4 is 28.9 Å². The summed E-state index contributed by atoms with van der Waals surface area (Å²) >= 11 is -0.158. The topological polar surface area (TPSA) is 45.5 Å². The second-order valence-electron chi connectivity index (χ2n) is 8.42. The summed E-state index contributed by atoms with van der Waals surface area (Å²) in [6.45, 7) is 1.46. The van der Waals surface area contributed by atoms with Crippen molar-refractivity contribution in [2.75, 3.05) is 11.9 Å². The van der Waals surface area contributed by atoms with Crippen LogP contribution in [-0.2, 0) is 4.79 Å². The van der Waals surface area contributed by atoms with Gasteiger partial charge in [0.05, 0.1) is 23.3 Å². The largest absolute Gasteiger partial charge is 0.447 e. The van der Waals surface area contributed by atoms with Gasteiger partial charge in [0.15, 0.2) is 0 Å². The smallest absolute Gasteiger partial charge is 0.380 e. The molecule has 2 aliphatic carbocycles. The van der Waals surface area contributed by atoms with Crippen LogP contribution in [-0.4, -0.2) is 28.4 Å². The number of carbonyl (C=O) groups is 1. The lowest BCUT2D eigenvalue weighted by Gasteiger charge is -2.41. The monoisotopic (exact) mass is 449 g/mol. The van der Waals surface area contributed by atoms with Gasteiger partial charge >= 0.3 is 5.51 Å². The second kappa shape index (κ2) is 9.07. The molecule has 0 saturated heterocycles. The van der Waals surface area contributed by atoms with Crippen molar-refractivity contribution in [3.05, 3.63) is 30.0 Å². The van der Waals surface area contributed by atoms with Crippen molar-refractivity contribution in [1.82, 2.24) is 9.72 Å². The van der Waals surface area contributed by atoms with Crippen LogP contribution in [0.4, 0.5) is 18.9 Å². The zero-order chi connectivity index (χ0) is 22.0. The first-order valence-electron chi connectivity index (χ1n) is 10.7. The van der Waals surface area contributed by atoms with Crippen molar-refractivity contribution < 1.29 is 18.0 Å². The predicted molar refractivity (Wildman–Crippen MR) is 117 cm³/mol. The van der Waals surface area contributed by atoms with E-state index < -0.39 is 5.51 Å². The number of halogens is 3. The normalized spacial score (nSPS) is 23.2. The van der Waals surface area contributed by atoms with Crippen LogP contribution in [0.25, 0.3) is 5.52 Å². The van der Waals surface area contributed by atoms with Gasteiger partial charge in [-0.15, -0.1) is 0 Å². The van der Waals surface area contributed by atoms with Crippen LogP contribution < -0.4 is 10.6 Å². The fraction of sp³-hybridized carbons (Fsp3) is 0.522. The van der Waals surface area contributed by atoms with Gasteiger partial charge in [-0.3, -0.25) is 4.79 Å². The minimum Gasteiger partial charge on any atom is -0.380 e. The van der Waals surface area contributed by atoms with Crippen molar-refractivity contribution in [3.63, 3.8) is 0 Å². The molecule has 4 rings (SSSR count). The van der Waals surface area contributed by atoms with E-state index in [1.165, 1.54) is 39.0 Å². The van der Waals surface area contributed by atoms with Crippen LogP contribution in [0.5, 0.6) is 0 Å². The van der Waals surface area contributed by atoms with E-state index in [0.29, 0.717) is 23.0 Å². The number of nitrogens with one attached hydrogen (secondary N) is 2. The molecule has 2 N–H and O–H groups in total. The molecule has 0 unspecified atom stereocenters. The highest BCUT2D eigenvalue weighted by atomic mass is 32.2. The second-order valence-corrected chi connectivity index (χ2v) is 9.47. The molecular weight excluding hydrogens is 423 g/mol. The molecule has 2 aromatic heterocycles. The highest BCUT2D eigenvalue weighted by molar-refractivity contribution is 8.00. The number of thioether (sulfide) groups is 1. The van der Waals surface area contributed by atoms with Crippen molar-refractivity contribution in [2.45, 2.75) is 62.0 Å². The quantitative estimate of drug-likeness (QED) is 0.484. The van der Waals surface area contributed by atoms with Crippen LogP contribution >= 0.6 is 11.8 Å². The Balaban J connectivity index is 1.65. The zero-order valence-electron chi connectivity index (χ0n) is 17.4. The predicted octanol–water partition coefficient (Wildman–Crippen LogP) is 5.42. The van der Waals surface area contributed by atoms with Gasteiger partial charge < -0.3 is 15.0 Å². The van der Waals surface area contributed by atoms with E-state index in [9.17, 15) is 18.0 Å². The summed E-state index contributed by atoms with van der Waals surface area (Å²) in [5.41, 5.74) is -2.58. The zero-order valence-corrected chi connectivity index (χ0v) is 18.2. The molecule has 1 amide bonds. The van der Waals surface area contributed by atoms with Gasteiger partial charge in [-0.05, 0) is 55.7 Å². The van der Waals surface area contributed by atoms with Crippen LogP contribution in [0.15, 0.2) is 29.4 Å². The summed E-state index contributed by atoms with van der Waals surface area (Å²) in [6.07, 6.45) is 9.02. The molecule has 0 aliphatic heterocycles. The lowest BCUT2D eigenvalue weighted by Crippen LogP contribution is -2.37. The molecule has 0 aromatic carbocycles. The number of amides is 1. The molecule has 2 aliphatic rings. The van der Waals surface area contributed by atoms with Crippen molar-refractivity contribution in [1.29, 1.82) is 0 Å². The molecule has 2 aromatic rings. The van der Waals surface area contributed by atoms with Gasteiger partial charge in [0, 0.05) is 30.9 Å². The maximum absolute atomic E-state index is 13.3. The fourth-order valence-electron chi connectivity index (χ4n) is 4.91. The molecule has 2 heterocycles. The molecule has 31 heavy (non-hydrogen) atoms. The van der Waals surface area contributed by atoms with Gasteiger partial charge in [0.25, 0.3) is 0 Å². The average Bonchev–Trinajstić information content (AvgIpc) is 3.04. The number of pyridine rings is 1. The number of carbonyl (C=O) groups excluding carboxylic acids is 1. The number of anilines is 1. The molecular formula is C23H26F3N3OS. The highest BCUT2D eigenvalue weighted by Gasteiger charge is 2.34. The van der Waals surface area contributed by atoms with Gasteiger partial charge in [-0.1, -0.05) is 24.7 Å². The first-order chi connectivity index (χ1) is 14.8. The lowest BCUT2D eigenvalue weighted by molar-refractivity contribution is -0.118. The van der Waals surface area contributed by atoms with Gasteiger partial charge in [0.1, 0.15) is 5.03 Å². The number of aromatic nitrogens is 1. The number of rotatable bonds is 4. The molecule has 8 heteroatoms. The Labute approximate surface area is 184 Å². The van der Waals surface area contributed by atoms with E-state index in [1.54, 1.807) is 22.7 Å². The Morgan fingerprint density at radius 2 is 2.13 bits per heavy atom. The van der Waals surface area contributed by atoms with Gasteiger partial charge in [-0.2, -0.15) is 13.2 Å². The number of hydrogen-bond donors (Lipinski definition) is 2. The molecule has 2 bridgehead atoms. The standard InChI is InChI=1S/C23H26F3N3OS/c1-15(30)27-11-3-7-18-14-21-20(8-4-12-29(21)22(18)31-23(24,25)26)28-19-10-9-16-5-2-6-17(19)13-16/h4,8,12,14,16-17,19,28H,2,5-6,9-11,13H2,1H3,(H,27,30)/t16-,17-,19+/m0/s1. The summed E-state index contributed by atoms with van der Waals surface area (Å²) in [5, 5.41) is 6.24. The number of hydrogen-bond acceptors (Lipinski definition) is 3. The first-order valence-corrected chi connectivity index (χ1v) is 11.5. The Hall–Kier alpha value is -2.27. The fourth-order valence-corrected chi connectivity index (χ4v) is 5.60. The Morgan fingerprint density at radius 3 is 2.90 bits per heavy atom. The maximum atomic E-state index is 13.3. The van der Waals surface area contributed by atoms with Crippen molar-refractivity contribution in [2.24, 2.45) is 11.8 Å². The van der Waals surface area contributed by atoms with Crippen LogP contribution in [0, 0.1) is 23.7 Å². The summed E-state index contributed by atoms with van der Waals surface area (Å²) in [5.74, 6) is 6.80. The van der Waals surface area contributed by atoms with E-state index in [1.807, 2.05) is 6.07 Å². The van der Waals surface area contributed by atoms with Crippen LogP contribution in [0.1, 0.15) is 51.0 Å². The third-order valence-corrected chi connectivity index (χ3v) is 7.09. The van der Waals surface area contributed by atoms with Crippen LogP contribution in [0.3, 0.4) is 0 Å². The van der Waals surface area contributed by atoms with E-state index in [0.717, 1.165) is 18.0 Å². The van der Waals surface area contributed by atoms with E-state index in [-0.39, 0.29) is 29.2 Å². The average molecular weight is 450 g/mol. The Morgan fingerprint density at radius 1 is 1.29 bits per heavy atom. The van der Waals surface area contributed by atoms with Crippen molar-refractivity contribution in [3.8, 4) is 11.8 Å². The molecule has 3 atom stereocenters. The minimum atomic E-state index is -4.42. The Kier molecular flexibility index (Phi) is 6.42. The Bertz CT molecular complexity index is 1020. The van der Waals surface area contributed by atoms with Gasteiger partial charge in [-0.25, -0.2) is 0 Å². The maximum Gasteiger partial charge on any atom is 0.447 e. The highest BCUT2D eigenvalue weighted by Crippen LogP contribution is 2.43. The lowest BCUT2D eigenvalue weighted by atomic mass is 9.70. The molecule has 2 fully saturated rings. The van der Waals surface area contributed by atoms with Crippen LogP contribution in [0.2, 0.25) is 0 Å². The number of alkyl halides is 3. The number of fused-ring (bicyclic) bond motifs is 3. The molecule has 4 nitrogen and oxygen atoms in total. The molecule has 2 saturated carbocycles. The van der Waals surface area contributed by atoms with Gasteiger partial charge in [0.2, 0.25) is 5.91 Å². The van der Waals surface area contributed by atoms with E-state index >= 15 is 0 Å². The summed E-state index contributed by atoms with van der Waals surface area (Å²) in [7, 11) is 0. The summed E-state index contributed by atoms with van der Waals surface area (Å²) in [6, 6.07) is 5.77. The minimum absolute atomic E-state index is 0.0443. The third-order valence-electron chi connectivity index (χ3n) is 6.24. The van der Waals surface area contributed by atoms with E-state index in [4.69, 9.17) is 0 Å². The molecule has 0 spiro atoms. The number of nitrogens with zero attached hydrogens (tertiary/aromatic N) is 1. The molecule has 0 radical (unpaired) electrons. The summed E-state index contributed by atoms with van der Waals surface area (Å²) in [4.78, 5) is 11.0. The first kappa shape index (κ1) is 21.9.